The summed E-state index contributed by atoms with van der Waals surface area (Å²) in [5.74, 6) is 0. The maximum Gasteiger partial charge on any atom is 0.330 e. The Kier molecular flexibility index (Phi) is 4.09. The van der Waals surface area contributed by atoms with Gasteiger partial charge in [-0.05, 0) is 30.2 Å². The number of fused-ring (bicyclic) bond motifs is 1. The Morgan fingerprint density at radius 3 is 2.69 bits per heavy atom. The summed E-state index contributed by atoms with van der Waals surface area (Å²) in [6.07, 6.45) is 5.10. The molecule has 0 atom stereocenters. The van der Waals surface area contributed by atoms with Gasteiger partial charge in [0.1, 0.15) is 0 Å². The quantitative estimate of drug-likeness (QED) is 0.555. The van der Waals surface area contributed by atoms with Crippen LogP contribution in [0.25, 0.3) is 22.3 Å². The van der Waals surface area contributed by atoms with Gasteiger partial charge in [-0.2, -0.15) is 0 Å². The van der Waals surface area contributed by atoms with Gasteiger partial charge in [-0.15, -0.1) is 0 Å². The smallest absolute Gasteiger partial charge is 0.286 e. The maximum atomic E-state index is 12.7. The Hall–Kier alpha value is -2.92. The average molecular weight is 365 g/mol. The monoisotopic (exact) mass is 364 g/mol. The molecule has 0 N–H and O–H groups in total. The Morgan fingerprint density at radius 1 is 1.08 bits per heavy atom. The van der Waals surface area contributed by atoms with Gasteiger partial charge in [0.15, 0.2) is 5.65 Å². The van der Waals surface area contributed by atoms with E-state index < -0.39 is 0 Å². The molecule has 0 amide bonds. The van der Waals surface area contributed by atoms with Crippen LogP contribution in [0.3, 0.4) is 0 Å². The summed E-state index contributed by atoms with van der Waals surface area (Å²) in [7, 11) is 1.73. The molecule has 3 aromatic heterocycles. The third-order valence-corrected chi connectivity index (χ3v) is 4.63. The first kappa shape index (κ1) is 16.5. The normalized spacial score (nSPS) is 11.2. The van der Waals surface area contributed by atoms with E-state index in [9.17, 15) is 4.79 Å². The predicted molar refractivity (Wildman–Crippen MR) is 103 cm³/mol. The molecule has 0 bridgehead atoms. The van der Waals surface area contributed by atoms with Crippen LogP contribution in [0.4, 0.5) is 0 Å². The van der Waals surface area contributed by atoms with Crippen LogP contribution < -0.4 is 5.69 Å². The highest BCUT2D eigenvalue weighted by atomic mass is 35.5. The summed E-state index contributed by atoms with van der Waals surface area (Å²) in [5.41, 5.74) is 5.43. The number of halogens is 1. The molecule has 0 aliphatic heterocycles. The highest BCUT2D eigenvalue weighted by Crippen LogP contribution is 2.23. The van der Waals surface area contributed by atoms with E-state index in [2.05, 4.69) is 29.0 Å². The van der Waals surface area contributed by atoms with E-state index in [4.69, 9.17) is 11.6 Å². The molecule has 0 unspecified atom stereocenters. The number of rotatable bonds is 3. The minimum atomic E-state index is -0.117. The van der Waals surface area contributed by atoms with Crippen molar-refractivity contribution in [3.05, 3.63) is 81.6 Å². The molecule has 130 valence electrons. The van der Waals surface area contributed by atoms with Gasteiger partial charge >= 0.3 is 5.69 Å². The lowest BCUT2D eigenvalue weighted by molar-refractivity contribution is 0.732. The number of hydrogen-bond acceptors (Lipinski definition) is 3. The Bertz CT molecular complexity index is 1180. The molecule has 0 aliphatic rings. The highest BCUT2D eigenvalue weighted by molar-refractivity contribution is 6.30. The van der Waals surface area contributed by atoms with Gasteiger partial charge < -0.3 is 0 Å². The summed E-state index contributed by atoms with van der Waals surface area (Å²) in [6, 6.07) is 12.1. The van der Waals surface area contributed by atoms with E-state index in [-0.39, 0.29) is 5.69 Å². The molecule has 0 radical (unpaired) electrons. The molecule has 0 spiro atoms. The van der Waals surface area contributed by atoms with Crippen molar-refractivity contribution in [2.45, 2.75) is 13.5 Å². The number of imidazole rings is 1. The molecule has 0 fully saturated rings. The summed E-state index contributed by atoms with van der Waals surface area (Å²) >= 11 is 6.03. The number of aryl methyl sites for hydroxylation is 2. The summed E-state index contributed by atoms with van der Waals surface area (Å²) in [6.45, 7) is 2.45. The van der Waals surface area contributed by atoms with Crippen molar-refractivity contribution in [3.63, 3.8) is 0 Å². The highest BCUT2D eigenvalue weighted by Gasteiger charge is 2.14. The van der Waals surface area contributed by atoms with Gasteiger partial charge in [0.25, 0.3) is 0 Å². The van der Waals surface area contributed by atoms with Crippen LogP contribution in [-0.4, -0.2) is 19.1 Å². The fourth-order valence-electron chi connectivity index (χ4n) is 3.14. The van der Waals surface area contributed by atoms with Crippen LogP contribution >= 0.6 is 11.6 Å². The minimum absolute atomic E-state index is 0.117. The zero-order valence-corrected chi connectivity index (χ0v) is 15.2. The molecule has 4 aromatic rings. The zero-order valence-electron chi connectivity index (χ0n) is 14.5. The first-order chi connectivity index (χ1) is 12.5. The molecule has 0 saturated carbocycles. The van der Waals surface area contributed by atoms with Crippen LogP contribution in [0.5, 0.6) is 0 Å². The number of benzene rings is 1. The Balaban J connectivity index is 1.88. The molecular formula is C20H17ClN4O. The second-order valence-electron chi connectivity index (χ2n) is 6.38. The summed E-state index contributed by atoms with van der Waals surface area (Å²) in [4.78, 5) is 21.3. The van der Waals surface area contributed by atoms with Crippen molar-refractivity contribution in [2.75, 3.05) is 0 Å². The maximum absolute atomic E-state index is 12.7. The van der Waals surface area contributed by atoms with E-state index in [1.807, 2.05) is 30.5 Å². The fourth-order valence-corrected chi connectivity index (χ4v) is 3.33. The van der Waals surface area contributed by atoms with Crippen LogP contribution in [-0.2, 0) is 13.6 Å². The standard InChI is InChI=1S/C20H17ClN4O/c1-13-4-3-5-15(6-13)16-8-18-19(23-10-16)24(2)20(26)25(18)12-14-7-17(21)11-22-9-14/h3-11H,12H2,1-2H3. The van der Waals surface area contributed by atoms with E-state index in [0.717, 1.165) is 22.2 Å². The summed E-state index contributed by atoms with van der Waals surface area (Å²) in [5, 5.41) is 0.550. The van der Waals surface area contributed by atoms with Crippen LogP contribution in [0.15, 0.2) is 59.8 Å². The largest absolute Gasteiger partial charge is 0.330 e. The second-order valence-corrected chi connectivity index (χ2v) is 6.81. The number of hydrogen-bond donors (Lipinski definition) is 0. The van der Waals surface area contributed by atoms with Crippen molar-refractivity contribution in [2.24, 2.45) is 7.05 Å². The van der Waals surface area contributed by atoms with Crippen molar-refractivity contribution < 1.29 is 0 Å². The molecule has 5 nitrogen and oxygen atoms in total. The van der Waals surface area contributed by atoms with Crippen molar-refractivity contribution >= 4 is 22.8 Å². The Labute approximate surface area is 155 Å². The van der Waals surface area contributed by atoms with E-state index in [1.165, 1.54) is 5.56 Å². The summed E-state index contributed by atoms with van der Waals surface area (Å²) < 4.78 is 3.27. The van der Waals surface area contributed by atoms with Crippen LogP contribution in [0, 0.1) is 6.92 Å². The molecule has 3 heterocycles. The van der Waals surface area contributed by atoms with Crippen molar-refractivity contribution in [1.82, 2.24) is 19.1 Å². The van der Waals surface area contributed by atoms with E-state index in [0.29, 0.717) is 17.2 Å². The average Bonchev–Trinajstić information content (AvgIpc) is 2.86. The SMILES string of the molecule is Cc1cccc(-c2cnc3c(c2)n(Cc2cncc(Cl)c2)c(=O)n3C)c1. The molecule has 1 aromatic carbocycles. The Morgan fingerprint density at radius 2 is 1.92 bits per heavy atom. The topological polar surface area (TPSA) is 52.7 Å². The lowest BCUT2D eigenvalue weighted by atomic mass is 10.1. The molecule has 4 rings (SSSR count). The van der Waals surface area contributed by atoms with Gasteiger partial charge in [-0.1, -0.05) is 41.4 Å². The third-order valence-electron chi connectivity index (χ3n) is 4.43. The van der Waals surface area contributed by atoms with Gasteiger partial charge in [0.05, 0.1) is 17.1 Å². The fraction of sp³-hybridized carbons (Fsp3) is 0.150. The lowest BCUT2D eigenvalue weighted by Crippen LogP contribution is -2.22. The number of pyridine rings is 2. The van der Waals surface area contributed by atoms with Crippen molar-refractivity contribution in [3.8, 4) is 11.1 Å². The molecule has 6 heteroatoms. The molecular weight excluding hydrogens is 348 g/mol. The number of nitrogens with zero attached hydrogens (tertiary/aromatic N) is 4. The van der Waals surface area contributed by atoms with Crippen molar-refractivity contribution in [1.29, 1.82) is 0 Å². The third kappa shape index (κ3) is 2.91. The first-order valence-corrected chi connectivity index (χ1v) is 8.62. The van der Waals surface area contributed by atoms with Gasteiger partial charge in [0.2, 0.25) is 0 Å². The predicted octanol–water partition coefficient (Wildman–Crippen LogP) is 3.81. The van der Waals surface area contributed by atoms with Crippen LogP contribution in [0.1, 0.15) is 11.1 Å². The molecule has 0 aliphatic carbocycles. The minimum Gasteiger partial charge on any atom is -0.286 e. The van der Waals surface area contributed by atoms with Gasteiger partial charge in [-0.3, -0.25) is 14.1 Å². The lowest BCUT2D eigenvalue weighted by Gasteiger charge is -2.06. The van der Waals surface area contributed by atoms with E-state index in [1.54, 1.807) is 28.6 Å². The van der Waals surface area contributed by atoms with Gasteiger partial charge in [-0.25, -0.2) is 9.78 Å². The second kappa shape index (κ2) is 6.42. The van der Waals surface area contributed by atoms with E-state index >= 15 is 0 Å². The number of aromatic nitrogens is 4. The zero-order chi connectivity index (χ0) is 18.3. The molecule has 26 heavy (non-hydrogen) atoms. The van der Waals surface area contributed by atoms with Gasteiger partial charge in [0, 0.05) is 31.2 Å². The molecule has 0 saturated heterocycles. The van der Waals surface area contributed by atoms with Crippen LogP contribution in [0.2, 0.25) is 5.02 Å². The first-order valence-electron chi connectivity index (χ1n) is 8.24.